The lowest BCUT2D eigenvalue weighted by Crippen LogP contribution is -1.93. The van der Waals surface area contributed by atoms with Gasteiger partial charge in [-0.25, -0.2) is 9.97 Å². The van der Waals surface area contributed by atoms with Gasteiger partial charge in [0, 0.05) is 14.0 Å². The van der Waals surface area contributed by atoms with Crippen molar-refractivity contribution in [1.29, 1.82) is 0 Å². The van der Waals surface area contributed by atoms with Crippen molar-refractivity contribution in [3.05, 3.63) is 18.0 Å². The molecule has 5 heteroatoms. The van der Waals surface area contributed by atoms with Gasteiger partial charge in [0.2, 0.25) is 0 Å². The Balaban J connectivity index is 2.60. The Kier molecular flexibility index (Phi) is 1.92. The Bertz CT molecular complexity index is 489. The van der Waals surface area contributed by atoms with Crippen LogP contribution in [0, 0.1) is 0 Å². The molecule has 0 aliphatic rings. The van der Waals surface area contributed by atoms with Crippen LogP contribution in [-0.4, -0.2) is 27.8 Å². The Morgan fingerprint density at radius 1 is 1.43 bits per heavy atom. The van der Waals surface area contributed by atoms with Crippen LogP contribution >= 0.6 is 0 Å². The van der Waals surface area contributed by atoms with E-state index in [1.54, 1.807) is 7.05 Å². The molecule has 2 N–H and O–H groups in total. The minimum absolute atomic E-state index is 0.0889. The second-order valence-electron chi connectivity index (χ2n) is 2.96. The summed E-state index contributed by atoms with van der Waals surface area (Å²) in [5.41, 5.74) is 1.33. The van der Waals surface area contributed by atoms with Crippen molar-refractivity contribution < 1.29 is 4.79 Å². The summed E-state index contributed by atoms with van der Waals surface area (Å²) >= 11 is 0. The third-order valence-electron chi connectivity index (χ3n) is 1.94. The lowest BCUT2D eigenvalue weighted by atomic mass is 10.4. The molecule has 0 atom stereocenters. The highest BCUT2D eigenvalue weighted by Gasteiger charge is 2.07. The van der Waals surface area contributed by atoms with Crippen molar-refractivity contribution in [3.8, 4) is 0 Å². The van der Waals surface area contributed by atoms with E-state index in [4.69, 9.17) is 0 Å². The van der Waals surface area contributed by atoms with Crippen molar-refractivity contribution >= 4 is 22.8 Å². The second-order valence-corrected chi connectivity index (χ2v) is 2.96. The summed E-state index contributed by atoms with van der Waals surface area (Å²) in [6.45, 7) is 1.47. The van der Waals surface area contributed by atoms with E-state index in [0.717, 1.165) is 11.3 Å². The number of pyridine rings is 1. The first-order chi connectivity index (χ1) is 6.70. The molecule has 0 aliphatic carbocycles. The summed E-state index contributed by atoms with van der Waals surface area (Å²) in [5.74, 6) is 0.994. The summed E-state index contributed by atoms with van der Waals surface area (Å²) in [7, 11) is 1.78. The highest BCUT2D eigenvalue weighted by atomic mass is 16.1. The van der Waals surface area contributed by atoms with Gasteiger partial charge in [0.25, 0.3) is 0 Å². The molecule has 0 spiro atoms. The number of carbonyl (C=O) groups is 1. The van der Waals surface area contributed by atoms with Crippen LogP contribution in [0.2, 0.25) is 0 Å². The van der Waals surface area contributed by atoms with Crippen molar-refractivity contribution in [3.63, 3.8) is 0 Å². The van der Waals surface area contributed by atoms with Gasteiger partial charge in [0.05, 0.1) is 5.52 Å². The molecule has 0 saturated heterocycles. The van der Waals surface area contributed by atoms with E-state index in [0.29, 0.717) is 11.5 Å². The van der Waals surface area contributed by atoms with Crippen LogP contribution in [-0.2, 0) is 0 Å². The van der Waals surface area contributed by atoms with Crippen LogP contribution in [0.3, 0.4) is 0 Å². The minimum Gasteiger partial charge on any atom is -0.373 e. The number of fused-ring (bicyclic) bond motifs is 1. The van der Waals surface area contributed by atoms with Crippen molar-refractivity contribution in [2.45, 2.75) is 6.92 Å². The van der Waals surface area contributed by atoms with Gasteiger partial charge >= 0.3 is 0 Å². The van der Waals surface area contributed by atoms with E-state index < -0.39 is 0 Å². The highest BCUT2D eigenvalue weighted by molar-refractivity contribution is 5.93. The second kappa shape index (κ2) is 3.10. The number of anilines is 1. The lowest BCUT2D eigenvalue weighted by Gasteiger charge is -1.95. The van der Waals surface area contributed by atoms with E-state index >= 15 is 0 Å². The summed E-state index contributed by atoms with van der Waals surface area (Å²) in [6, 6.07) is 3.66. The minimum atomic E-state index is -0.0889. The molecule has 0 radical (unpaired) electrons. The molecule has 0 unspecified atom stereocenters. The number of imidazole rings is 1. The Morgan fingerprint density at radius 2 is 2.21 bits per heavy atom. The molecule has 0 amide bonds. The number of H-pyrrole nitrogens is 1. The fraction of sp³-hybridized carbons (Fsp3) is 0.222. The first kappa shape index (κ1) is 8.68. The van der Waals surface area contributed by atoms with Gasteiger partial charge in [0.1, 0.15) is 5.82 Å². The third-order valence-corrected chi connectivity index (χ3v) is 1.94. The normalized spacial score (nSPS) is 10.4. The van der Waals surface area contributed by atoms with Gasteiger partial charge in [-0.1, -0.05) is 0 Å². The summed E-state index contributed by atoms with van der Waals surface area (Å²) in [4.78, 5) is 22.2. The number of hydrogen-bond acceptors (Lipinski definition) is 4. The van der Waals surface area contributed by atoms with Gasteiger partial charge in [0.15, 0.2) is 17.3 Å². The Morgan fingerprint density at radius 3 is 2.86 bits per heavy atom. The predicted molar refractivity (Wildman–Crippen MR) is 53.4 cm³/mol. The zero-order valence-corrected chi connectivity index (χ0v) is 7.96. The number of aromatic amines is 1. The number of aromatic nitrogens is 3. The fourth-order valence-electron chi connectivity index (χ4n) is 1.20. The largest absolute Gasteiger partial charge is 0.373 e. The summed E-state index contributed by atoms with van der Waals surface area (Å²) in [6.07, 6.45) is 0. The summed E-state index contributed by atoms with van der Waals surface area (Å²) in [5, 5.41) is 2.91. The molecule has 0 aliphatic heterocycles. The lowest BCUT2D eigenvalue weighted by molar-refractivity contribution is 0.100. The molecular formula is C9H10N4O. The van der Waals surface area contributed by atoms with E-state index in [9.17, 15) is 4.79 Å². The average molecular weight is 190 g/mol. The van der Waals surface area contributed by atoms with Gasteiger partial charge in [-0.15, -0.1) is 0 Å². The van der Waals surface area contributed by atoms with Crippen LogP contribution in [0.15, 0.2) is 12.1 Å². The van der Waals surface area contributed by atoms with Gasteiger partial charge in [-0.05, 0) is 12.1 Å². The molecule has 0 bridgehead atoms. The number of ketones is 1. The first-order valence-corrected chi connectivity index (χ1v) is 4.26. The smallest absolute Gasteiger partial charge is 0.195 e. The molecule has 0 saturated carbocycles. The number of rotatable bonds is 2. The maximum Gasteiger partial charge on any atom is 0.195 e. The third kappa shape index (κ3) is 1.32. The molecule has 2 aromatic rings. The zero-order chi connectivity index (χ0) is 10.1. The SMILES string of the molecule is CNc1ccc2[nH]c(C(C)=O)nc2n1. The van der Waals surface area contributed by atoms with E-state index in [2.05, 4.69) is 20.3 Å². The first-order valence-electron chi connectivity index (χ1n) is 4.26. The molecule has 5 nitrogen and oxygen atoms in total. The molecule has 0 fully saturated rings. The molecule has 2 heterocycles. The number of nitrogens with one attached hydrogen (secondary N) is 2. The van der Waals surface area contributed by atoms with Crippen molar-refractivity contribution in [1.82, 2.24) is 15.0 Å². The maximum absolute atomic E-state index is 11.0. The molecule has 2 rings (SSSR count). The number of hydrogen-bond donors (Lipinski definition) is 2. The quantitative estimate of drug-likeness (QED) is 0.698. The molecule has 2 aromatic heterocycles. The number of carbonyl (C=O) groups excluding carboxylic acids is 1. The van der Waals surface area contributed by atoms with Crippen LogP contribution < -0.4 is 5.32 Å². The van der Waals surface area contributed by atoms with Crippen LogP contribution in [0.1, 0.15) is 17.5 Å². The highest BCUT2D eigenvalue weighted by Crippen LogP contribution is 2.12. The fourth-order valence-corrected chi connectivity index (χ4v) is 1.20. The number of Topliss-reactive ketones (excluding diaryl/α,β-unsaturated/α-hetero) is 1. The molecule has 72 valence electrons. The Labute approximate surface area is 80.6 Å². The van der Waals surface area contributed by atoms with Gasteiger partial charge in [-0.3, -0.25) is 4.79 Å². The van der Waals surface area contributed by atoms with Crippen molar-refractivity contribution in [2.24, 2.45) is 0 Å². The zero-order valence-electron chi connectivity index (χ0n) is 7.96. The predicted octanol–water partition coefficient (Wildman–Crippen LogP) is 1.20. The van der Waals surface area contributed by atoms with E-state index in [1.165, 1.54) is 6.92 Å². The van der Waals surface area contributed by atoms with Crippen molar-refractivity contribution in [2.75, 3.05) is 12.4 Å². The van der Waals surface area contributed by atoms with Crippen LogP contribution in [0.4, 0.5) is 5.82 Å². The van der Waals surface area contributed by atoms with E-state index in [1.807, 2.05) is 12.1 Å². The van der Waals surface area contributed by atoms with Crippen LogP contribution in [0.25, 0.3) is 11.2 Å². The maximum atomic E-state index is 11.0. The average Bonchev–Trinajstić information content (AvgIpc) is 2.59. The molecule has 14 heavy (non-hydrogen) atoms. The standard InChI is InChI=1S/C9H10N4O/c1-5(14)8-11-6-3-4-7(10-2)12-9(6)13-8/h3-4H,1-2H3,(H2,10,11,12,13). The van der Waals surface area contributed by atoms with E-state index in [-0.39, 0.29) is 5.78 Å². The molecule has 0 aromatic carbocycles. The summed E-state index contributed by atoms with van der Waals surface area (Å²) < 4.78 is 0. The topological polar surface area (TPSA) is 70.7 Å². The monoisotopic (exact) mass is 190 g/mol. The number of nitrogens with zero attached hydrogens (tertiary/aromatic N) is 2. The molecular weight excluding hydrogens is 180 g/mol. The van der Waals surface area contributed by atoms with Gasteiger partial charge in [-0.2, -0.15) is 0 Å². The Hall–Kier alpha value is -1.91. The van der Waals surface area contributed by atoms with Crippen LogP contribution in [0.5, 0.6) is 0 Å². The van der Waals surface area contributed by atoms with Gasteiger partial charge < -0.3 is 10.3 Å².